The van der Waals surface area contributed by atoms with Gasteiger partial charge in [0.2, 0.25) is 0 Å². The van der Waals surface area contributed by atoms with Gasteiger partial charge in [0.1, 0.15) is 0 Å². The predicted molar refractivity (Wildman–Crippen MR) is 204 cm³/mol. The van der Waals surface area contributed by atoms with E-state index in [1.807, 2.05) is 5.57 Å². The normalized spacial score (nSPS) is 27.6. The Kier molecular flexibility index (Phi) is 9.95. The number of allylic oxidation sites excluding steroid dienone is 10. The molecule has 3 aromatic rings. The molecule has 3 unspecified atom stereocenters. The molecule has 0 aliphatic heterocycles. The van der Waals surface area contributed by atoms with Crippen molar-refractivity contribution in [3.05, 3.63) is 149 Å². The Labute approximate surface area is 322 Å². The van der Waals surface area contributed by atoms with Crippen molar-refractivity contribution in [2.75, 3.05) is 0 Å². The van der Waals surface area contributed by atoms with E-state index >= 15 is 0 Å². The van der Waals surface area contributed by atoms with Gasteiger partial charge in [-0.1, -0.05) is 0 Å². The van der Waals surface area contributed by atoms with Crippen LogP contribution < -0.4 is 35.2 Å². The van der Waals surface area contributed by atoms with E-state index in [0.717, 1.165) is 6.42 Å². The van der Waals surface area contributed by atoms with Gasteiger partial charge in [0.25, 0.3) is 0 Å². The molecule has 0 aromatic heterocycles. The van der Waals surface area contributed by atoms with Crippen LogP contribution in [0.25, 0.3) is 5.57 Å². The fourth-order valence-electron chi connectivity index (χ4n) is 11.5. The van der Waals surface area contributed by atoms with Gasteiger partial charge < -0.3 is 24.8 Å². The van der Waals surface area contributed by atoms with Crippen molar-refractivity contribution in [2.24, 2.45) is 27.6 Å². The van der Waals surface area contributed by atoms with Gasteiger partial charge in [-0.25, -0.2) is 0 Å². The zero-order valence-electron chi connectivity index (χ0n) is 31.1. The maximum Gasteiger partial charge on any atom is -1.00 e. The predicted octanol–water partition coefficient (Wildman–Crippen LogP) is 4.90. The summed E-state index contributed by atoms with van der Waals surface area (Å²) in [4.78, 5) is 0. The van der Waals surface area contributed by atoms with Gasteiger partial charge in [0, 0.05) is 0 Å². The summed E-state index contributed by atoms with van der Waals surface area (Å²) in [5.41, 5.74) is 9.06. The average molecular weight is 795 g/mol. The fourth-order valence-corrected chi connectivity index (χ4v) is 38.4. The molecule has 5 aliphatic rings. The molecule has 0 N–H and O–H groups in total. The molecule has 0 amide bonds. The van der Waals surface area contributed by atoms with Crippen molar-refractivity contribution in [1.29, 1.82) is 0 Å². The van der Waals surface area contributed by atoms with E-state index < -0.39 is 25.8 Å². The number of hydrogen-bond acceptors (Lipinski definition) is 0. The summed E-state index contributed by atoms with van der Waals surface area (Å²) in [6, 6.07) is 33.1. The van der Waals surface area contributed by atoms with Crippen molar-refractivity contribution in [3.63, 3.8) is 0 Å². The molecule has 4 heteroatoms. The first-order chi connectivity index (χ1) is 22.9. The molecule has 258 valence electrons. The minimum Gasteiger partial charge on any atom is -1.00 e. The summed E-state index contributed by atoms with van der Waals surface area (Å²) in [6.45, 7) is 21.8. The molecule has 1 fully saturated rings. The van der Waals surface area contributed by atoms with Gasteiger partial charge in [0.05, 0.1) is 0 Å². The third kappa shape index (κ3) is 4.83. The smallest absolute Gasteiger partial charge is 1.00 e. The standard InChI is InChI=1S/C29H37.C12H10Si.C5H5.2ClH.Zr/c1-18-25-22-17-19-13-9-10-14-20(19)24(22)21-15-11-12-16-23(21)29(25,8)28(6,7)27(4,5)26(18,2)3;1-3-7-11(8-4-1)13-12-9-5-2-6-10-12;1-2-4-5-3-1;;;/h9-11,13-15,23H,12,16-17H2,1-8H3;1-10H;1-5H;2*1H;/q;;;;;+2/p-2. The quantitative estimate of drug-likeness (QED) is 0.331. The molecular weight excluding hydrogens is 743 g/mol. The third-order valence-corrected chi connectivity index (χ3v) is 38.1. The molecule has 5 aliphatic carbocycles. The van der Waals surface area contributed by atoms with Crippen LogP contribution >= 0.6 is 0 Å². The van der Waals surface area contributed by atoms with Crippen LogP contribution in [-0.4, -0.2) is 5.43 Å². The van der Waals surface area contributed by atoms with Gasteiger partial charge in [-0.05, 0) is 0 Å². The summed E-state index contributed by atoms with van der Waals surface area (Å²) < 4.78 is 0.645. The Bertz CT molecular complexity index is 1960. The first kappa shape index (κ1) is 37.8. The largest absolute Gasteiger partial charge is 1.00 e. The minimum absolute atomic E-state index is 0. The molecule has 8 rings (SSSR count). The molecule has 0 bridgehead atoms. The molecule has 0 saturated heterocycles. The van der Waals surface area contributed by atoms with E-state index in [1.54, 1.807) is 27.1 Å². The summed E-state index contributed by atoms with van der Waals surface area (Å²) >= 11 is -2.75. The zero-order valence-corrected chi connectivity index (χ0v) is 36.0. The Morgan fingerprint density at radius 3 is 1.82 bits per heavy atom. The Hall–Kier alpha value is -1.96. The van der Waals surface area contributed by atoms with E-state index in [4.69, 9.17) is 0 Å². The van der Waals surface area contributed by atoms with E-state index in [2.05, 4.69) is 177 Å². The molecule has 3 aromatic carbocycles. The average Bonchev–Trinajstić information content (AvgIpc) is 3.75. The van der Waals surface area contributed by atoms with Gasteiger partial charge in [-0.3, -0.25) is 0 Å². The topological polar surface area (TPSA) is 0 Å². The summed E-state index contributed by atoms with van der Waals surface area (Å²) in [5.74, 6) is 0.524. The van der Waals surface area contributed by atoms with Gasteiger partial charge in [0.15, 0.2) is 0 Å². The first-order valence-corrected chi connectivity index (χ1v) is 26.2. The van der Waals surface area contributed by atoms with Crippen LogP contribution in [0.3, 0.4) is 0 Å². The molecule has 50 heavy (non-hydrogen) atoms. The number of halogens is 2. The van der Waals surface area contributed by atoms with Crippen molar-refractivity contribution in [1.82, 2.24) is 0 Å². The molecular formula is C46H52Cl2SiZr. The molecule has 0 heterocycles. The Morgan fingerprint density at radius 2 is 1.22 bits per heavy atom. The van der Waals surface area contributed by atoms with Gasteiger partial charge >= 0.3 is 300 Å². The van der Waals surface area contributed by atoms with Crippen LogP contribution in [0.15, 0.2) is 138 Å². The van der Waals surface area contributed by atoms with Crippen molar-refractivity contribution >= 4 is 21.4 Å². The summed E-state index contributed by atoms with van der Waals surface area (Å²) in [5, 5.41) is 3.23. The Balaban J connectivity index is 0.00000216. The number of fused-ring (bicyclic) bond motifs is 6. The van der Waals surface area contributed by atoms with Crippen molar-refractivity contribution in [3.8, 4) is 0 Å². The maximum absolute atomic E-state index is 2.86. The summed E-state index contributed by atoms with van der Waals surface area (Å²) in [6.07, 6.45) is 18.6. The van der Waals surface area contributed by atoms with Crippen LogP contribution in [0.4, 0.5) is 0 Å². The van der Waals surface area contributed by atoms with Crippen LogP contribution in [0, 0.1) is 27.6 Å². The zero-order chi connectivity index (χ0) is 33.7. The molecule has 0 nitrogen and oxygen atoms in total. The number of benzene rings is 3. The fraction of sp³-hybridized carbons (Fsp3) is 0.391. The second kappa shape index (κ2) is 13.2. The van der Waals surface area contributed by atoms with E-state index in [1.165, 1.54) is 24.0 Å². The first-order valence-electron chi connectivity index (χ1n) is 18.3. The monoisotopic (exact) mass is 792 g/mol. The second-order valence-corrected chi connectivity index (χ2v) is 32.0. The number of hydrogen-bond donors (Lipinski definition) is 0. The van der Waals surface area contributed by atoms with Crippen LogP contribution in [-0.2, 0) is 26.8 Å². The molecule has 0 radical (unpaired) electrons. The van der Waals surface area contributed by atoms with Gasteiger partial charge in [-0.2, -0.15) is 0 Å². The van der Waals surface area contributed by atoms with E-state index in [9.17, 15) is 0 Å². The number of rotatable bonds is 4. The van der Waals surface area contributed by atoms with Crippen molar-refractivity contribution < 1.29 is 45.2 Å². The molecule has 1 saturated carbocycles. The van der Waals surface area contributed by atoms with Crippen LogP contribution in [0.5, 0.6) is 0 Å². The van der Waals surface area contributed by atoms with E-state index in [-0.39, 0.29) is 49.6 Å². The van der Waals surface area contributed by atoms with Crippen molar-refractivity contribution in [2.45, 2.75) is 81.4 Å². The molecule has 0 spiro atoms. The minimum atomic E-state index is -2.75. The summed E-state index contributed by atoms with van der Waals surface area (Å²) in [7, 11) is 0. The van der Waals surface area contributed by atoms with Gasteiger partial charge in [-0.15, -0.1) is 0 Å². The second-order valence-electron chi connectivity index (χ2n) is 17.1. The van der Waals surface area contributed by atoms with Crippen LogP contribution in [0.1, 0.15) is 79.4 Å². The maximum atomic E-state index is 2.86. The van der Waals surface area contributed by atoms with E-state index in [0.29, 0.717) is 9.54 Å². The Morgan fingerprint density at radius 1 is 0.660 bits per heavy atom. The van der Waals surface area contributed by atoms with Crippen LogP contribution in [0.2, 0.25) is 6.75 Å². The SMILES string of the molecule is CC12C(=C3Cc4ccccc4C3=C3C=CCCC31)[C](C)([Zr+2]([CH]1C=CC=C1)=[Si](c1ccccc1)c1ccccc1)C(C)(C)C(C)(C)C2(C)C.[Cl-].[Cl-]. The third-order valence-electron chi connectivity index (χ3n) is 15.2. The molecule has 3 atom stereocenters.